The lowest BCUT2D eigenvalue weighted by atomic mass is 10.0. The largest absolute Gasteiger partial charge is 0.351 e. The van der Waals surface area contributed by atoms with Gasteiger partial charge in [-0.05, 0) is 36.6 Å². The SMILES string of the molecule is CC(=O)N1CCC(Nc2ncc3c(-c4ccc5nnccc5c4)c[nH]c3n2)CC1. The lowest BCUT2D eigenvalue weighted by Gasteiger charge is -2.31. The number of benzene rings is 1. The molecular weight excluding hydrogens is 366 g/mol. The fourth-order valence-corrected chi connectivity index (χ4v) is 3.89. The molecule has 146 valence electrons. The van der Waals surface area contributed by atoms with Gasteiger partial charge in [-0.2, -0.15) is 15.2 Å². The molecule has 4 aromatic rings. The van der Waals surface area contributed by atoms with Crippen molar-refractivity contribution in [2.75, 3.05) is 18.4 Å². The number of carbonyl (C=O) groups excluding carboxylic acids is 1. The second-order valence-electron chi connectivity index (χ2n) is 7.39. The van der Waals surface area contributed by atoms with Gasteiger partial charge >= 0.3 is 0 Å². The number of amides is 1. The van der Waals surface area contributed by atoms with Crippen LogP contribution in [-0.4, -0.2) is 55.1 Å². The molecule has 4 heterocycles. The van der Waals surface area contributed by atoms with Crippen molar-refractivity contribution in [1.82, 2.24) is 30.0 Å². The summed E-state index contributed by atoms with van der Waals surface area (Å²) in [7, 11) is 0. The zero-order chi connectivity index (χ0) is 19.8. The average molecular weight is 387 g/mol. The van der Waals surface area contributed by atoms with E-state index in [1.807, 2.05) is 35.5 Å². The number of nitrogens with one attached hydrogen (secondary N) is 2. The third-order valence-corrected chi connectivity index (χ3v) is 5.53. The quantitative estimate of drug-likeness (QED) is 0.561. The Labute approximate surface area is 167 Å². The molecule has 0 bridgehead atoms. The summed E-state index contributed by atoms with van der Waals surface area (Å²) in [5, 5.41) is 13.5. The van der Waals surface area contributed by atoms with Gasteiger partial charge in [0, 0.05) is 54.8 Å². The Morgan fingerprint density at radius 1 is 1.24 bits per heavy atom. The number of carbonyl (C=O) groups is 1. The van der Waals surface area contributed by atoms with Crippen LogP contribution in [0.25, 0.3) is 33.1 Å². The van der Waals surface area contributed by atoms with Crippen LogP contribution in [0.15, 0.2) is 42.9 Å². The zero-order valence-electron chi connectivity index (χ0n) is 16.1. The van der Waals surface area contributed by atoms with E-state index in [9.17, 15) is 4.79 Å². The molecule has 8 nitrogen and oxygen atoms in total. The Balaban J connectivity index is 1.38. The fourth-order valence-electron chi connectivity index (χ4n) is 3.89. The molecule has 1 aliphatic rings. The normalized spacial score (nSPS) is 15.1. The highest BCUT2D eigenvalue weighted by molar-refractivity contribution is 5.96. The van der Waals surface area contributed by atoms with Crippen molar-refractivity contribution in [2.24, 2.45) is 0 Å². The molecule has 0 radical (unpaired) electrons. The number of hydrogen-bond donors (Lipinski definition) is 2. The number of likely N-dealkylation sites (tertiary alicyclic amines) is 1. The van der Waals surface area contributed by atoms with Gasteiger partial charge in [0.25, 0.3) is 0 Å². The average Bonchev–Trinajstić information content (AvgIpc) is 3.17. The van der Waals surface area contributed by atoms with Crippen LogP contribution in [0.4, 0.5) is 5.95 Å². The first-order valence-corrected chi connectivity index (χ1v) is 9.75. The maximum absolute atomic E-state index is 11.5. The molecule has 3 aromatic heterocycles. The van der Waals surface area contributed by atoms with Gasteiger partial charge in [0.15, 0.2) is 0 Å². The van der Waals surface area contributed by atoms with Gasteiger partial charge in [-0.3, -0.25) is 4.79 Å². The third-order valence-electron chi connectivity index (χ3n) is 5.53. The molecule has 0 saturated carbocycles. The highest BCUT2D eigenvalue weighted by Crippen LogP contribution is 2.30. The molecule has 5 rings (SSSR count). The highest BCUT2D eigenvalue weighted by Gasteiger charge is 2.21. The number of H-pyrrole nitrogens is 1. The van der Waals surface area contributed by atoms with Crippen molar-refractivity contribution in [2.45, 2.75) is 25.8 Å². The minimum absolute atomic E-state index is 0.140. The molecule has 0 atom stereocenters. The van der Waals surface area contributed by atoms with E-state index in [0.717, 1.165) is 59.0 Å². The van der Waals surface area contributed by atoms with Crippen molar-refractivity contribution in [3.63, 3.8) is 0 Å². The van der Waals surface area contributed by atoms with Crippen LogP contribution in [0.1, 0.15) is 19.8 Å². The molecule has 0 unspecified atom stereocenters. The summed E-state index contributed by atoms with van der Waals surface area (Å²) in [6.07, 6.45) is 7.32. The first-order chi connectivity index (χ1) is 14.2. The highest BCUT2D eigenvalue weighted by atomic mass is 16.2. The molecule has 1 fully saturated rings. The Hall–Kier alpha value is -3.55. The summed E-state index contributed by atoms with van der Waals surface area (Å²) in [6, 6.07) is 8.34. The number of rotatable bonds is 3. The molecule has 8 heteroatoms. The van der Waals surface area contributed by atoms with Crippen LogP contribution < -0.4 is 5.32 Å². The topological polar surface area (TPSA) is 99.7 Å². The van der Waals surface area contributed by atoms with E-state index in [-0.39, 0.29) is 11.9 Å². The summed E-state index contributed by atoms with van der Waals surface area (Å²) in [5.74, 6) is 0.752. The van der Waals surface area contributed by atoms with Crippen molar-refractivity contribution in [3.8, 4) is 11.1 Å². The van der Waals surface area contributed by atoms with E-state index >= 15 is 0 Å². The van der Waals surface area contributed by atoms with E-state index in [1.54, 1.807) is 13.1 Å². The third kappa shape index (κ3) is 3.37. The summed E-state index contributed by atoms with van der Waals surface area (Å²) in [4.78, 5) is 25.8. The lowest BCUT2D eigenvalue weighted by molar-refractivity contribution is -0.129. The monoisotopic (exact) mass is 387 g/mol. The van der Waals surface area contributed by atoms with Crippen LogP contribution in [-0.2, 0) is 4.79 Å². The molecule has 1 aromatic carbocycles. The second-order valence-corrected chi connectivity index (χ2v) is 7.39. The summed E-state index contributed by atoms with van der Waals surface area (Å²) < 4.78 is 0. The number of hydrogen-bond acceptors (Lipinski definition) is 6. The Bertz CT molecular complexity index is 1190. The molecule has 0 spiro atoms. The van der Waals surface area contributed by atoms with E-state index in [2.05, 4.69) is 36.5 Å². The predicted molar refractivity (Wildman–Crippen MR) is 111 cm³/mol. The van der Waals surface area contributed by atoms with Crippen LogP contribution in [0.5, 0.6) is 0 Å². The van der Waals surface area contributed by atoms with Gasteiger partial charge in [0.1, 0.15) is 5.65 Å². The molecule has 29 heavy (non-hydrogen) atoms. The summed E-state index contributed by atoms with van der Waals surface area (Å²) >= 11 is 0. The van der Waals surface area contributed by atoms with Crippen molar-refractivity contribution in [1.29, 1.82) is 0 Å². The number of nitrogens with zero attached hydrogens (tertiary/aromatic N) is 5. The second kappa shape index (κ2) is 7.12. The number of anilines is 1. The molecule has 1 aliphatic heterocycles. The number of aromatic nitrogens is 5. The predicted octanol–water partition coefficient (Wildman–Crippen LogP) is 2.99. The number of piperidine rings is 1. The van der Waals surface area contributed by atoms with Crippen molar-refractivity contribution >= 4 is 33.8 Å². The molecule has 1 amide bonds. The first-order valence-electron chi connectivity index (χ1n) is 9.75. The van der Waals surface area contributed by atoms with Gasteiger partial charge in [0.2, 0.25) is 11.9 Å². The molecule has 0 aliphatic carbocycles. The van der Waals surface area contributed by atoms with E-state index in [0.29, 0.717) is 5.95 Å². The maximum atomic E-state index is 11.5. The Morgan fingerprint density at radius 2 is 2.10 bits per heavy atom. The lowest BCUT2D eigenvalue weighted by Crippen LogP contribution is -2.41. The van der Waals surface area contributed by atoms with Crippen LogP contribution in [0.2, 0.25) is 0 Å². The molecule has 2 N–H and O–H groups in total. The number of fused-ring (bicyclic) bond motifs is 2. The van der Waals surface area contributed by atoms with Crippen LogP contribution >= 0.6 is 0 Å². The standard InChI is InChI=1S/C21H21N7O/c1-13(29)28-8-5-16(6-9-28)25-21-23-12-18-17(11-22-20(18)26-21)14-2-3-19-15(10-14)4-7-24-27-19/h2-4,7,10-12,16H,5-6,8-9H2,1H3,(H2,22,23,25,26). The van der Waals surface area contributed by atoms with E-state index in [4.69, 9.17) is 0 Å². The smallest absolute Gasteiger partial charge is 0.224 e. The van der Waals surface area contributed by atoms with Crippen LogP contribution in [0.3, 0.4) is 0 Å². The van der Waals surface area contributed by atoms with Gasteiger partial charge in [-0.25, -0.2) is 4.98 Å². The van der Waals surface area contributed by atoms with Gasteiger partial charge in [-0.1, -0.05) is 6.07 Å². The fraction of sp³-hybridized carbons (Fsp3) is 0.286. The van der Waals surface area contributed by atoms with E-state index < -0.39 is 0 Å². The van der Waals surface area contributed by atoms with Gasteiger partial charge in [0.05, 0.1) is 11.7 Å². The van der Waals surface area contributed by atoms with E-state index in [1.165, 1.54) is 0 Å². The summed E-state index contributed by atoms with van der Waals surface area (Å²) in [6.45, 7) is 3.17. The zero-order valence-corrected chi connectivity index (χ0v) is 16.1. The minimum Gasteiger partial charge on any atom is -0.351 e. The van der Waals surface area contributed by atoms with Gasteiger partial charge in [-0.15, -0.1) is 0 Å². The Morgan fingerprint density at radius 3 is 2.93 bits per heavy atom. The molecular formula is C21H21N7O. The number of aromatic amines is 1. The summed E-state index contributed by atoms with van der Waals surface area (Å²) in [5.41, 5.74) is 3.80. The minimum atomic E-state index is 0.140. The Kier molecular flexibility index (Phi) is 4.31. The van der Waals surface area contributed by atoms with Gasteiger partial charge < -0.3 is 15.2 Å². The van der Waals surface area contributed by atoms with Crippen LogP contribution in [0, 0.1) is 0 Å². The maximum Gasteiger partial charge on any atom is 0.224 e. The van der Waals surface area contributed by atoms with Crippen molar-refractivity contribution in [3.05, 3.63) is 42.9 Å². The first kappa shape index (κ1) is 17.5. The van der Waals surface area contributed by atoms with Crippen molar-refractivity contribution < 1.29 is 4.79 Å². The molecule has 1 saturated heterocycles.